The molecule has 0 aliphatic heterocycles. The maximum Gasteiger partial charge on any atom is 0.0952 e. The number of hydrogen-bond donors (Lipinski definition) is 2. The average molecular weight is 170 g/mol. The molecular formula is C8H14N2O2. The monoisotopic (exact) mass is 170 g/mol. The molecule has 1 aromatic rings. The normalized spacial score (nSPS) is 13.3. The second-order valence-electron chi connectivity index (χ2n) is 2.90. The first-order valence-corrected chi connectivity index (χ1v) is 3.92. The summed E-state index contributed by atoms with van der Waals surface area (Å²) in [5.41, 5.74) is 1.99. The molecular weight excluding hydrogens is 156 g/mol. The highest BCUT2D eigenvalue weighted by Crippen LogP contribution is 2.04. The zero-order valence-electron chi connectivity index (χ0n) is 7.36. The lowest BCUT2D eigenvalue weighted by molar-refractivity contribution is 0.0807. The second-order valence-corrected chi connectivity index (χ2v) is 2.90. The highest BCUT2D eigenvalue weighted by molar-refractivity contribution is 5.08. The zero-order chi connectivity index (χ0) is 9.14. The van der Waals surface area contributed by atoms with E-state index in [9.17, 15) is 0 Å². The Morgan fingerprint density at radius 3 is 2.67 bits per heavy atom. The molecule has 1 unspecified atom stereocenters. The van der Waals surface area contributed by atoms with E-state index in [1.54, 1.807) is 6.33 Å². The molecule has 0 radical (unpaired) electrons. The number of hydrogen-bond acceptors (Lipinski definition) is 3. The quantitative estimate of drug-likeness (QED) is 0.663. The summed E-state index contributed by atoms with van der Waals surface area (Å²) in [7, 11) is 0. The Balaban J connectivity index is 2.69. The number of aliphatic hydroxyl groups excluding tert-OH is 2. The molecule has 0 saturated heterocycles. The first-order chi connectivity index (χ1) is 5.65. The van der Waals surface area contributed by atoms with E-state index in [1.807, 2.05) is 18.4 Å². The Bertz CT molecular complexity index is 258. The van der Waals surface area contributed by atoms with E-state index >= 15 is 0 Å². The molecule has 0 bridgehead atoms. The molecule has 68 valence electrons. The molecule has 0 aliphatic rings. The van der Waals surface area contributed by atoms with Gasteiger partial charge in [-0.2, -0.15) is 0 Å². The van der Waals surface area contributed by atoms with E-state index < -0.39 is 6.10 Å². The van der Waals surface area contributed by atoms with Crippen LogP contribution in [0, 0.1) is 13.8 Å². The Kier molecular flexibility index (Phi) is 2.83. The van der Waals surface area contributed by atoms with Crippen molar-refractivity contribution in [2.75, 3.05) is 6.61 Å². The number of aromatic nitrogens is 2. The third kappa shape index (κ3) is 1.84. The summed E-state index contributed by atoms with van der Waals surface area (Å²) in [4.78, 5) is 4.07. The summed E-state index contributed by atoms with van der Waals surface area (Å²) >= 11 is 0. The topological polar surface area (TPSA) is 58.3 Å². The van der Waals surface area contributed by atoms with Gasteiger partial charge in [0.05, 0.1) is 31.3 Å². The van der Waals surface area contributed by atoms with Gasteiger partial charge in [-0.1, -0.05) is 0 Å². The fourth-order valence-corrected chi connectivity index (χ4v) is 1.01. The second kappa shape index (κ2) is 3.69. The van der Waals surface area contributed by atoms with Gasteiger partial charge in [-0.3, -0.25) is 0 Å². The van der Waals surface area contributed by atoms with Crippen molar-refractivity contribution in [3.8, 4) is 0 Å². The molecule has 0 spiro atoms. The van der Waals surface area contributed by atoms with Crippen molar-refractivity contribution in [3.05, 3.63) is 17.7 Å². The Morgan fingerprint density at radius 1 is 1.58 bits per heavy atom. The van der Waals surface area contributed by atoms with Crippen LogP contribution in [0.25, 0.3) is 0 Å². The first kappa shape index (κ1) is 9.22. The van der Waals surface area contributed by atoms with Gasteiger partial charge in [0, 0.05) is 5.69 Å². The standard InChI is InChI=1S/C8H14N2O2/c1-6-7(2)10(5-9-6)3-8(12)4-11/h5,8,11-12H,3-4H2,1-2H3. The minimum Gasteiger partial charge on any atom is -0.394 e. The van der Waals surface area contributed by atoms with Crippen LogP contribution in [0.2, 0.25) is 0 Å². The summed E-state index contributed by atoms with van der Waals surface area (Å²) in [6.45, 7) is 4.05. The highest BCUT2D eigenvalue weighted by atomic mass is 16.3. The maximum atomic E-state index is 9.15. The molecule has 0 aliphatic carbocycles. The fourth-order valence-electron chi connectivity index (χ4n) is 1.01. The predicted octanol–water partition coefficient (Wildman–Crippen LogP) is -0.147. The van der Waals surface area contributed by atoms with Crippen molar-refractivity contribution in [2.24, 2.45) is 0 Å². The summed E-state index contributed by atoms with van der Waals surface area (Å²) in [5, 5.41) is 17.8. The van der Waals surface area contributed by atoms with E-state index in [1.165, 1.54) is 0 Å². The van der Waals surface area contributed by atoms with Gasteiger partial charge in [0.1, 0.15) is 0 Å². The minimum atomic E-state index is -0.697. The molecule has 12 heavy (non-hydrogen) atoms. The smallest absolute Gasteiger partial charge is 0.0952 e. The summed E-state index contributed by atoms with van der Waals surface area (Å²) < 4.78 is 1.83. The van der Waals surface area contributed by atoms with Gasteiger partial charge < -0.3 is 14.8 Å². The summed E-state index contributed by atoms with van der Waals surface area (Å²) in [6.07, 6.45) is 0.973. The molecule has 1 rings (SSSR count). The van der Waals surface area contributed by atoms with Gasteiger partial charge in [0.25, 0.3) is 0 Å². The molecule has 2 N–H and O–H groups in total. The largest absolute Gasteiger partial charge is 0.394 e. The van der Waals surface area contributed by atoms with Gasteiger partial charge in [0.2, 0.25) is 0 Å². The van der Waals surface area contributed by atoms with Crippen LogP contribution in [0.4, 0.5) is 0 Å². The van der Waals surface area contributed by atoms with Gasteiger partial charge in [-0.25, -0.2) is 4.98 Å². The van der Waals surface area contributed by atoms with E-state index in [4.69, 9.17) is 10.2 Å². The van der Waals surface area contributed by atoms with Crippen molar-refractivity contribution in [2.45, 2.75) is 26.5 Å². The molecule has 1 heterocycles. The minimum absolute atomic E-state index is 0.212. The third-order valence-electron chi connectivity index (χ3n) is 1.96. The number of imidazole rings is 1. The van der Waals surface area contributed by atoms with Crippen LogP contribution in [-0.2, 0) is 6.54 Å². The fraction of sp³-hybridized carbons (Fsp3) is 0.625. The number of rotatable bonds is 3. The van der Waals surface area contributed by atoms with Crippen LogP contribution in [0.5, 0.6) is 0 Å². The van der Waals surface area contributed by atoms with Gasteiger partial charge in [-0.15, -0.1) is 0 Å². The SMILES string of the molecule is Cc1ncn(CC(O)CO)c1C. The molecule has 0 amide bonds. The van der Waals surface area contributed by atoms with Gasteiger partial charge >= 0.3 is 0 Å². The van der Waals surface area contributed by atoms with Crippen molar-refractivity contribution in [1.82, 2.24) is 9.55 Å². The van der Waals surface area contributed by atoms with Gasteiger partial charge in [0.15, 0.2) is 0 Å². The lowest BCUT2D eigenvalue weighted by atomic mass is 10.3. The molecule has 0 fully saturated rings. The molecule has 1 aromatic heterocycles. The van der Waals surface area contributed by atoms with Crippen LogP contribution in [0.3, 0.4) is 0 Å². The van der Waals surface area contributed by atoms with Gasteiger partial charge in [-0.05, 0) is 13.8 Å². The average Bonchev–Trinajstić information content (AvgIpc) is 2.36. The predicted molar refractivity (Wildman–Crippen MR) is 44.8 cm³/mol. The van der Waals surface area contributed by atoms with Crippen LogP contribution in [0.1, 0.15) is 11.4 Å². The number of aliphatic hydroxyl groups is 2. The van der Waals surface area contributed by atoms with E-state index in [0.717, 1.165) is 11.4 Å². The Labute approximate surface area is 71.5 Å². The molecule has 0 saturated carbocycles. The maximum absolute atomic E-state index is 9.15. The Morgan fingerprint density at radius 2 is 2.25 bits per heavy atom. The van der Waals surface area contributed by atoms with Crippen molar-refractivity contribution in [1.29, 1.82) is 0 Å². The van der Waals surface area contributed by atoms with E-state index in [0.29, 0.717) is 6.54 Å². The third-order valence-corrected chi connectivity index (χ3v) is 1.96. The van der Waals surface area contributed by atoms with Crippen LogP contribution in [0.15, 0.2) is 6.33 Å². The molecule has 0 aromatic carbocycles. The number of nitrogens with zero attached hydrogens (tertiary/aromatic N) is 2. The van der Waals surface area contributed by atoms with E-state index in [-0.39, 0.29) is 6.61 Å². The van der Waals surface area contributed by atoms with E-state index in [2.05, 4.69) is 4.98 Å². The summed E-state index contributed by atoms with van der Waals surface area (Å²) in [6, 6.07) is 0. The van der Waals surface area contributed by atoms with Crippen molar-refractivity contribution < 1.29 is 10.2 Å². The molecule has 4 nitrogen and oxygen atoms in total. The van der Waals surface area contributed by atoms with Crippen LogP contribution < -0.4 is 0 Å². The molecule has 4 heteroatoms. The first-order valence-electron chi connectivity index (χ1n) is 3.92. The number of aryl methyl sites for hydroxylation is 1. The molecule has 1 atom stereocenters. The summed E-state index contributed by atoms with van der Waals surface area (Å²) in [5.74, 6) is 0. The zero-order valence-corrected chi connectivity index (χ0v) is 7.36. The lowest BCUT2D eigenvalue weighted by Crippen LogP contribution is -2.19. The van der Waals surface area contributed by atoms with Crippen molar-refractivity contribution in [3.63, 3.8) is 0 Å². The van der Waals surface area contributed by atoms with Crippen LogP contribution >= 0.6 is 0 Å². The highest BCUT2D eigenvalue weighted by Gasteiger charge is 2.06. The lowest BCUT2D eigenvalue weighted by Gasteiger charge is -2.09. The van der Waals surface area contributed by atoms with Crippen LogP contribution in [-0.4, -0.2) is 32.5 Å². The van der Waals surface area contributed by atoms with Crippen molar-refractivity contribution >= 4 is 0 Å². The Hall–Kier alpha value is -0.870.